The van der Waals surface area contributed by atoms with Crippen LogP contribution in [0.25, 0.3) is 11.0 Å². The van der Waals surface area contributed by atoms with Gasteiger partial charge in [-0.05, 0) is 37.7 Å². The summed E-state index contributed by atoms with van der Waals surface area (Å²) in [7, 11) is 1.83. The monoisotopic (exact) mass is 346 g/mol. The number of nitrogens with one attached hydrogen (secondary N) is 1. The quantitative estimate of drug-likeness (QED) is 0.561. The van der Waals surface area contributed by atoms with E-state index in [-0.39, 0.29) is 11.7 Å². The average molecular weight is 346 g/mol. The van der Waals surface area contributed by atoms with E-state index in [1.807, 2.05) is 18.9 Å². The number of H-pyrrole nitrogens is 1. The van der Waals surface area contributed by atoms with Crippen LogP contribution in [0.3, 0.4) is 0 Å². The average Bonchev–Trinajstić information content (AvgIpc) is 2.97. The van der Waals surface area contributed by atoms with Gasteiger partial charge in [-0.15, -0.1) is 0 Å². The van der Waals surface area contributed by atoms with Crippen LogP contribution in [0, 0.1) is 21.7 Å². The van der Waals surface area contributed by atoms with Crippen molar-refractivity contribution in [1.82, 2.24) is 14.9 Å². The molecule has 130 valence electrons. The van der Waals surface area contributed by atoms with Gasteiger partial charge < -0.3 is 4.98 Å². The molecule has 0 aliphatic carbocycles. The van der Waals surface area contributed by atoms with E-state index in [1.54, 1.807) is 12.1 Å². The molecule has 0 saturated heterocycles. The van der Waals surface area contributed by atoms with E-state index in [9.17, 15) is 18.9 Å². The predicted octanol–water partition coefficient (Wildman–Crippen LogP) is 3.94. The van der Waals surface area contributed by atoms with Crippen LogP contribution in [0.2, 0.25) is 0 Å². The van der Waals surface area contributed by atoms with Crippen molar-refractivity contribution in [1.29, 1.82) is 0 Å². The fraction of sp³-hybridized carbons (Fsp3) is 0.235. The van der Waals surface area contributed by atoms with Crippen LogP contribution in [-0.2, 0) is 6.54 Å². The van der Waals surface area contributed by atoms with Crippen LogP contribution in [0.5, 0.6) is 0 Å². The molecule has 8 heteroatoms. The molecule has 0 radical (unpaired) electrons. The van der Waals surface area contributed by atoms with Crippen molar-refractivity contribution in [2.24, 2.45) is 0 Å². The highest BCUT2D eigenvalue weighted by Crippen LogP contribution is 2.23. The van der Waals surface area contributed by atoms with E-state index in [4.69, 9.17) is 0 Å². The number of hydrogen-bond acceptors (Lipinski definition) is 4. The van der Waals surface area contributed by atoms with E-state index in [1.165, 1.54) is 18.2 Å². The van der Waals surface area contributed by atoms with E-state index < -0.39 is 16.6 Å². The molecule has 0 aliphatic heterocycles. The number of nitrogens with zero attached hydrogens (tertiary/aromatic N) is 3. The lowest BCUT2D eigenvalue weighted by molar-refractivity contribution is -0.384. The largest absolute Gasteiger partial charge is 0.341 e. The molecule has 3 rings (SSSR count). The maximum absolute atomic E-state index is 13.4. The summed E-state index contributed by atoms with van der Waals surface area (Å²) in [6.07, 6.45) is 0. The first-order valence-corrected chi connectivity index (χ1v) is 7.63. The Kier molecular flexibility index (Phi) is 4.45. The van der Waals surface area contributed by atoms with Crippen molar-refractivity contribution in [3.63, 3.8) is 0 Å². The van der Waals surface area contributed by atoms with Crippen LogP contribution in [0.15, 0.2) is 36.4 Å². The van der Waals surface area contributed by atoms with Crippen molar-refractivity contribution in [3.05, 3.63) is 69.5 Å². The van der Waals surface area contributed by atoms with Gasteiger partial charge in [-0.2, -0.15) is 0 Å². The van der Waals surface area contributed by atoms with Gasteiger partial charge in [-0.3, -0.25) is 15.0 Å². The number of nitro benzene ring substituents is 1. The van der Waals surface area contributed by atoms with Crippen molar-refractivity contribution in [2.45, 2.75) is 19.5 Å². The van der Waals surface area contributed by atoms with Crippen LogP contribution in [0.1, 0.15) is 24.4 Å². The third-order valence-corrected chi connectivity index (χ3v) is 4.21. The number of rotatable bonds is 5. The molecule has 0 unspecified atom stereocenters. The Balaban J connectivity index is 1.79. The number of halogens is 2. The zero-order chi connectivity index (χ0) is 18.1. The number of benzene rings is 2. The Hall–Kier alpha value is -2.87. The molecule has 0 bridgehead atoms. The summed E-state index contributed by atoms with van der Waals surface area (Å²) in [4.78, 5) is 19.8. The zero-order valence-corrected chi connectivity index (χ0v) is 13.7. The molecule has 0 amide bonds. The minimum Gasteiger partial charge on any atom is -0.341 e. The van der Waals surface area contributed by atoms with E-state index in [0.29, 0.717) is 29.0 Å². The number of hydrogen-bond donors (Lipinski definition) is 1. The summed E-state index contributed by atoms with van der Waals surface area (Å²) in [5, 5.41) is 10.8. The SMILES string of the molecule is C[C@H](c1ccc(F)c(F)c1)N(C)Cc1nc2ccc([N+](=O)[O-])cc2[nH]1. The highest BCUT2D eigenvalue weighted by atomic mass is 19.2. The fourth-order valence-corrected chi connectivity index (χ4v) is 2.64. The van der Waals surface area contributed by atoms with E-state index in [0.717, 1.165) is 6.07 Å². The number of fused-ring (bicyclic) bond motifs is 1. The van der Waals surface area contributed by atoms with E-state index in [2.05, 4.69) is 9.97 Å². The first-order chi connectivity index (χ1) is 11.8. The molecule has 25 heavy (non-hydrogen) atoms. The molecule has 2 aromatic carbocycles. The molecule has 0 aliphatic rings. The minimum atomic E-state index is -0.881. The Morgan fingerprint density at radius 1 is 1.24 bits per heavy atom. The molecule has 0 spiro atoms. The molecular weight excluding hydrogens is 330 g/mol. The van der Waals surface area contributed by atoms with Crippen LogP contribution < -0.4 is 0 Å². The maximum Gasteiger partial charge on any atom is 0.271 e. The molecule has 1 heterocycles. The number of aromatic nitrogens is 2. The minimum absolute atomic E-state index is 0.00814. The van der Waals surface area contributed by atoms with Gasteiger partial charge in [0.05, 0.1) is 22.5 Å². The molecular formula is C17H16F2N4O2. The molecule has 1 atom stereocenters. The second-order valence-corrected chi connectivity index (χ2v) is 5.91. The Labute approximate surface area is 142 Å². The second kappa shape index (κ2) is 6.56. The first kappa shape index (κ1) is 17.0. The fourth-order valence-electron chi connectivity index (χ4n) is 2.64. The topological polar surface area (TPSA) is 75.1 Å². The van der Waals surface area contributed by atoms with Gasteiger partial charge >= 0.3 is 0 Å². The third-order valence-electron chi connectivity index (χ3n) is 4.21. The normalized spacial score (nSPS) is 12.7. The van der Waals surface area contributed by atoms with Gasteiger partial charge in [0.15, 0.2) is 11.6 Å². The van der Waals surface area contributed by atoms with Crippen molar-refractivity contribution in [2.75, 3.05) is 7.05 Å². The highest BCUT2D eigenvalue weighted by molar-refractivity contribution is 5.77. The van der Waals surface area contributed by atoms with Crippen molar-refractivity contribution < 1.29 is 13.7 Å². The van der Waals surface area contributed by atoms with E-state index >= 15 is 0 Å². The molecule has 0 saturated carbocycles. The van der Waals surface area contributed by atoms with Crippen LogP contribution >= 0.6 is 0 Å². The molecule has 6 nitrogen and oxygen atoms in total. The summed E-state index contributed by atoms with van der Waals surface area (Å²) < 4.78 is 26.5. The lowest BCUT2D eigenvalue weighted by Crippen LogP contribution is -2.22. The number of nitro groups is 1. The van der Waals surface area contributed by atoms with Crippen molar-refractivity contribution >= 4 is 16.7 Å². The number of aromatic amines is 1. The smallest absolute Gasteiger partial charge is 0.271 e. The summed E-state index contributed by atoms with van der Waals surface area (Å²) in [5.74, 6) is -1.13. The standard InChI is InChI=1S/C17H16F2N4O2/c1-10(11-3-5-13(18)14(19)7-11)22(2)9-17-20-15-6-4-12(23(24)25)8-16(15)21-17/h3-8,10H,9H2,1-2H3,(H,20,21)/t10-/m1/s1. The van der Waals surface area contributed by atoms with Gasteiger partial charge in [-0.1, -0.05) is 6.07 Å². The molecule has 0 fully saturated rings. The zero-order valence-electron chi connectivity index (χ0n) is 13.7. The van der Waals surface area contributed by atoms with Gasteiger partial charge in [0.1, 0.15) is 5.82 Å². The Morgan fingerprint density at radius 2 is 2.00 bits per heavy atom. The maximum atomic E-state index is 13.4. The molecule has 1 N–H and O–H groups in total. The van der Waals surface area contributed by atoms with Gasteiger partial charge in [0, 0.05) is 18.2 Å². The predicted molar refractivity (Wildman–Crippen MR) is 89.0 cm³/mol. The summed E-state index contributed by atoms with van der Waals surface area (Å²) in [6, 6.07) is 8.09. The van der Waals surface area contributed by atoms with Crippen LogP contribution in [0.4, 0.5) is 14.5 Å². The lowest BCUT2D eigenvalue weighted by Gasteiger charge is -2.24. The lowest BCUT2D eigenvalue weighted by atomic mass is 10.1. The Bertz CT molecular complexity index is 942. The van der Waals surface area contributed by atoms with Gasteiger partial charge in [0.2, 0.25) is 0 Å². The summed E-state index contributed by atoms with van der Waals surface area (Å²) >= 11 is 0. The first-order valence-electron chi connectivity index (χ1n) is 7.63. The van der Waals surface area contributed by atoms with Gasteiger partial charge in [-0.25, -0.2) is 13.8 Å². The second-order valence-electron chi connectivity index (χ2n) is 5.91. The molecule has 3 aromatic rings. The highest BCUT2D eigenvalue weighted by Gasteiger charge is 2.16. The van der Waals surface area contributed by atoms with Crippen molar-refractivity contribution in [3.8, 4) is 0 Å². The van der Waals surface area contributed by atoms with Crippen LogP contribution in [-0.4, -0.2) is 26.8 Å². The summed E-state index contributed by atoms with van der Waals surface area (Å²) in [5.41, 5.74) is 1.85. The third kappa shape index (κ3) is 3.48. The number of non-ortho nitro benzene ring substituents is 1. The Morgan fingerprint density at radius 3 is 2.68 bits per heavy atom. The molecule has 1 aromatic heterocycles. The summed E-state index contributed by atoms with van der Waals surface area (Å²) in [6.45, 7) is 2.29. The number of imidazole rings is 1. The van der Waals surface area contributed by atoms with Gasteiger partial charge in [0.25, 0.3) is 5.69 Å².